The summed E-state index contributed by atoms with van der Waals surface area (Å²) in [4.78, 5) is 0. The van der Waals surface area contributed by atoms with E-state index >= 15 is 0 Å². The van der Waals surface area contributed by atoms with Gasteiger partial charge >= 0.3 is 0 Å². The summed E-state index contributed by atoms with van der Waals surface area (Å²) in [5.41, 5.74) is 2.72. The van der Waals surface area contributed by atoms with E-state index in [1.807, 2.05) is 6.92 Å². The smallest absolute Gasteiger partial charge is 0.119 e. The van der Waals surface area contributed by atoms with Crippen molar-refractivity contribution >= 4 is 0 Å². The van der Waals surface area contributed by atoms with Crippen molar-refractivity contribution in [3.63, 3.8) is 0 Å². The largest absolute Gasteiger partial charge is 0.494 e. The number of aliphatic hydroxyl groups is 1. The lowest BCUT2D eigenvalue weighted by atomic mass is 9.53. The lowest BCUT2D eigenvalue weighted by Crippen LogP contribution is -2.49. The van der Waals surface area contributed by atoms with Crippen LogP contribution in [0, 0.1) is 17.3 Å². The number of hydrogen-bond acceptors (Lipinski definition) is 2. The van der Waals surface area contributed by atoms with Crippen molar-refractivity contribution in [2.75, 3.05) is 6.61 Å². The third-order valence-electron chi connectivity index (χ3n) is 7.57. The molecule has 2 nitrogen and oxygen atoms in total. The minimum absolute atomic E-state index is 0.122. The van der Waals surface area contributed by atoms with Crippen molar-refractivity contribution in [1.82, 2.24) is 0 Å². The first-order chi connectivity index (χ1) is 11.0. The highest BCUT2D eigenvalue weighted by Gasteiger charge is 2.59. The van der Waals surface area contributed by atoms with Crippen LogP contribution in [0.15, 0.2) is 18.2 Å². The third kappa shape index (κ3) is 2.17. The van der Waals surface area contributed by atoms with E-state index in [1.54, 1.807) is 5.56 Å². The average Bonchev–Trinajstić information content (AvgIpc) is 2.77. The molecule has 0 aromatic heterocycles. The number of hydrogen-bond donors (Lipinski definition) is 1. The van der Waals surface area contributed by atoms with Crippen LogP contribution in [-0.2, 0) is 6.42 Å². The van der Waals surface area contributed by atoms with E-state index in [0.717, 1.165) is 24.7 Å². The molecule has 5 atom stereocenters. The van der Waals surface area contributed by atoms with Crippen LogP contribution in [0.4, 0.5) is 0 Å². The summed E-state index contributed by atoms with van der Waals surface area (Å²) in [6.45, 7) is 7.22. The molecule has 2 heteroatoms. The van der Waals surface area contributed by atoms with Crippen molar-refractivity contribution in [2.24, 2.45) is 17.3 Å². The first-order valence-electron chi connectivity index (χ1n) is 9.44. The summed E-state index contributed by atoms with van der Waals surface area (Å²) in [5.74, 6) is 3.17. The van der Waals surface area contributed by atoms with Crippen molar-refractivity contribution < 1.29 is 9.84 Å². The highest BCUT2D eigenvalue weighted by Crippen LogP contribution is 2.64. The van der Waals surface area contributed by atoms with Crippen LogP contribution in [0.5, 0.6) is 5.75 Å². The number of rotatable bonds is 2. The normalized spacial score (nSPS) is 41.8. The zero-order valence-electron chi connectivity index (χ0n) is 14.8. The van der Waals surface area contributed by atoms with Gasteiger partial charge in [-0.2, -0.15) is 0 Å². The highest BCUT2D eigenvalue weighted by atomic mass is 16.5. The molecular weight excluding hydrogens is 284 g/mol. The topological polar surface area (TPSA) is 29.5 Å². The molecule has 3 aliphatic carbocycles. The van der Waals surface area contributed by atoms with Gasteiger partial charge in [0.2, 0.25) is 0 Å². The fourth-order valence-electron chi connectivity index (χ4n) is 6.06. The summed E-state index contributed by atoms with van der Waals surface area (Å²) in [6.07, 6.45) is 7.04. The van der Waals surface area contributed by atoms with E-state index in [1.165, 1.54) is 37.7 Å². The van der Waals surface area contributed by atoms with Crippen LogP contribution in [0.2, 0.25) is 0 Å². The highest BCUT2D eigenvalue weighted by molar-refractivity contribution is 5.40. The van der Waals surface area contributed by atoms with Crippen LogP contribution in [0.25, 0.3) is 0 Å². The van der Waals surface area contributed by atoms with Gasteiger partial charge in [-0.25, -0.2) is 0 Å². The van der Waals surface area contributed by atoms with Crippen molar-refractivity contribution in [3.8, 4) is 5.75 Å². The number of aryl methyl sites for hydroxylation is 1. The standard InChI is InChI=1S/C21H30O2/c1-4-23-15-6-8-16-14(13-15)5-7-18-17(16)9-11-20(2)19(18)10-12-21(20,3)22/h6,8,13,17-19,22H,4-5,7,9-12H2,1-3H3/t17-,18-,19+,20+,21+/m0/s1. The maximum atomic E-state index is 10.9. The van der Waals surface area contributed by atoms with Crippen LogP contribution >= 0.6 is 0 Å². The first kappa shape index (κ1) is 15.5. The molecule has 1 aromatic carbocycles. The summed E-state index contributed by atoms with van der Waals surface area (Å²) in [7, 11) is 0. The lowest BCUT2D eigenvalue weighted by Gasteiger charge is -2.52. The molecule has 0 heterocycles. The fourth-order valence-corrected chi connectivity index (χ4v) is 6.06. The summed E-state index contributed by atoms with van der Waals surface area (Å²) in [5, 5.41) is 10.9. The second-order valence-electron chi connectivity index (χ2n) is 8.48. The minimum Gasteiger partial charge on any atom is -0.494 e. The molecule has 23 heavy (non-hydrogen) atoms. The maximum Gasteiger partial charge on any atom is 0.119 e. The molecule has 2 saturated carbocycles. The minimum atomic E-state index is -0.470. The molecule has 0 unspecified atom stereocenters. The molecule has 0 aliphatic heterocycles. The van der Waals surface area contributed by atoms with E-state index in [0.29, 0.717) is 11.8 Å². The van der Waals surface area contributed by atoms with Gasteiger partial charge in [0, 0.05) is 0 Å². The Labute approximate surface area is 140 Å². The van der Waals surface area contributed by atoms with Crippen LogP contribution in [-0.4, -0.2) is 17.3 Å². The predicted molar refractivity (Wildman–Crippen MR) is 92.9 cm³/mol. The molecule has 0 bridgehead atoms. The van der Waals surface area contributed by atoms with Crippen LogP contribution in [0.3, 0.4) is 0 Å². The number of ether oxygens (including phenoxy) is 1. The Hall–Kier alpha value is -1.02. The molecule has 0 saturated heterocycles. The summed E-state index contributed by atoms with van der Waals surface area (Å²) < 4.78 is 5.69. The van der Waals surface area contributed by atoms with Crippen LogP contribution in [0.1, 0.15) is 69.9 Å². The maximum absolute atomic E-state index is 10.9. The second-order valence-corrected chi connectivity index (χ2v) is 8.48. The molecule has 0 spiro atoms. The predicted octanol–water partition coefficient (Wildman–Crippen LogP) is 4.69. The molecule has 2 fully saturated rings. The summed E-state index contributed by atoms with van der Waals surface area (Å²) >= 11 is 0. The molecule has 4 rings (SSSR count). The van der Waals surface area contributed by atoms with E-state index in [9.17, 15) is 5.11 Å². The zero-order chi connectivity index (χ0) is 16.2. The van der Waals surface area contributed by atoms with Gasteiger partial charge in [-0.05, 0) is 98.8 Å². The Balaban J connectivity index is 1.65. The number of fused-ring (bicyclic) bond motifs is 5. The van der Waals surface area contributed by atoms with Gasteiger partial charge in [-0.15, -0.1) is 0 Å². The van der Waals surface area contributed by atoms with Gasteiger partial charge in [0.05, 0.1) is 12.2 Å². The average molecular weight is 314 g/mol. The molecular formula is C21H30O2. The van der Waals surface area contributed by atoms with Gasteiger partial charge in [0.15, 0.2) is 0 Å². The van der Waals surface area contributed by atoms with Gasteiger partial charge in [-0.3, -0.25) is 0 Å². The van der Waals surface area contributed by atoms with Crippen molar-refractivity contribution in [1.29, 1.82) is 0 Å². The van der Waals surface area contributed by atoms with Gasteiger partial charge in [0.1, 0.15) is 5.75 Å². The Morgan fingerprint density at radius 3 is 2.78 bits per heavy atom. The third-order valence-corrected chi connectivity index (χ3v) is 7.57. The van der Waals surface area contributed by atoms with Gasteiger partial charge < -0.3 is 9.84 Å². The van der Waals surface area contributed by atoms with Gasteiger partial charge in [-0.1, -0.05) is 13.0 Å². The molecule has 126 valence electrons. The molecule has 3 aliphatic rings. The SMILES string of the molecule is CCOc1ccc2c(c1)CC[C@@H]1[C@H]3CC[C@@](C)(O)[C@]3(C)CC[C@@H]21. The molecule has 1 N–H and O–H groups in total. The summed E-state index contributed by atoms with van der Waals surface area (Å²) in [6, 6.07) is 6.75. The molecule has 1 aromatic rings. The van der Waals surface area contributed by atoms with Gasteiger partial charge in [0.25, 0.3) is 0 Å². The molecule has 0 amide bonds. The van der Waals surface area contributed by atoms with E-state index in [4.69, 9.17) is 4.74 Å². The van der Waals surface area contributed by atoms with Crippen molar-refractivity contribution in [3.05, 3.63) is 29.3 Å². The first-order valence-corrected chi connectivity index (χ1v) is 9.44. The quantitative estimate of drug-likeness (QED) is 0.858. The van der Waals surface area contributed by atoms with E-state index < -0.39 is 5.60 Å². The van der Waals surface area contributed by atoms with Crippen LogP contribution < -0.4 is 4.74 Å². The second kappa shape index (κ2) is 5.24. The Morgan fingerprint density at radius 1 is 1.17 bits per heavy atom. The Bertz CT molecular complexity index is 606. The molecule has 0 radical (unpaired) electrons. The van der Waals surface area contributed by atoms with E-state index in [-0.39, 0.29) is 5.41 Å². The van der Waals surface area contributed by atoms with E-state index in [2.05, 4.69) is 32.0 Å². The monoisotopic (exact) mass is 314 g/mol. The number of benzene rings is 1. The zero-order valence-corrected chi connectivity index (χ0v) is 14.8. The Kier molecular flexibility index (Phi) is 3.53. The van der Waals surface area contributed by atoms with Crippen molar-refractivity contribution in [2.45, 2.75) is 70.8 Å². The Morgan fingerprint density at radius 2 is 2.00 bits per heavy atom. The fraction of sp³-hybridized carbons (Fsp3) is 0.714. The lowest BCUT2D eigenvalue weighted by molar-refractivity contribution is -0.0901.